The number of para-hydroxylation sites is 1. The number of piperazine rings is 1. The van der Waals surface area contributed by atoms with E-state index in [0.29, 0.717) is 17.9 Å². The number of guanidine groups is 1. The van der Waals surface area contributed by atoms with E-state index in [-0.39, 0.29) is 0 Å². The summed E-state index contributed by atoms with van der Waals surface area (Å²) in [4.78, 5) is 23.8. The maximum Gasteiger partial charge on any atom is 0.225 e. The van der Waals surface area contributed by atoms with Crippen LogP contribution in [0.1, 0.15) is 32.1 Å². The van der Waals surface area contributed by atoms with E-state index in [1.807, 2.05) is 7.05 Å². The molecule has 7 heteroatoms. The minimum atomic E-state index is 0.320. The molecule has 2 saturated heterocycles. The zero-order valence-electron chi connectivity index (χ0n) is 18.9. The Kier molecular flexibility index (Phi) is 7.67. The number of benzene rings is 1. The van der Waals surface area contributed by atoms with Crippen molar-refractivity contribution in [1.29, 1.82) is 0 Å². The summed E-state index contributed by atoms with van der Waals surface area (Å²) in [6, 6.07) is 11.1. The van der Waals surface area contributed by atoms with Crippen molar-refractivity contribution in [2.75, 3.05) is 64.3 Å². The third-order valence-corrected chi connectivity index (χ3v) is 6.97. The molecule has 0 bridgehead atoms. The fourth-order valence-corrected chi connectivity index (χ4v) is 4.79. The van der Waals surface area contributed by atoms with Crippen molar-refractivity contribution in [1.82, 2.24) is 20.4 Å². The van der Waals surface area contributed by atoms with Crippen molar-refractivity contribution in [3.8, 4) is 0 Å². The fraction of sp³-hybridized carbons (Fsp3) is 0.667. The Hall–Kier alpha value is -2.28. The molecule has 1 aromatic carbocycles. The smallest absolute Gasteiger partial charge is 0.225 e. The van der Waals surface area contributed by atoms with Crippen LogP contribution in [0.25, 0.3) is 0 Å². The van der Waals surface area contributed by atoms with Crippen LogP contribution in [-0.4, -0.2) is 87.1 Å². The molecular formula is C24H38N6O. The molecule has 1 unspecified atom stereocenters. The van der Waals surface area contributed by atoms with Gasteiger partial charge in [-0.3, -0.25) is 14.7 Å². The number of nitrogens with one attached hydrogen (secondary N) is 2. The third-order valence-electron chi connectivity index (χ3n) is 6.97. The van der Waals surface area contributed by atoms with Crippen LogP contribution in [-0.2, 0) is 4.79 Å². The van der Waals surface area contributed by atoms with E-state index in [0.717, 1.165) is 71.2 Å². The Morgan fingerprint density at radius 1 is 1.03 bits per heavy atom. The number of rotatable bonds is 6. The van der Waals surface area contributed by atoms with Crippen LogP contribution in [0.5, 0.6) is 0 Å². The molecule has 4 rings (SSSR count). The highest BCUT2D eigenvalue weighted by Crippen LogP contribution is 2.28. The molecule has 0 radical (unpaired) electrons. The SMILES string of the molecule is CN=C(NCCN1CCN(C(=O)C2CCC2)CC1)NC1CCCN(c2ccccc2)C1. The lowest BCUT2D eigenvalue weighted by molar-refractivity contribution is -0.139. The first-order valence-electron chi connectivity index (χ1n) is 12.0. The van der Waals surface area contributed by atoms with Gasteiger partial charge < -0.3 is 20.4 Å². The van der Waals surface area contributed by atoms with Gasteiger partial charge in [-0.2, -0.15) is 0 Å². The summed E-state index contributed by atoms with van der Waals surface area (Å²) in [5.41, 5.74) is 1.30. The predicted octanol–water partition coefficient (Wildman–Crippen LogP) is 1.76. The number of nitrogens with zero attached hydrogens (tertiary/aromatic N) is 4. The highest BCUT2D eigenvalue weighted by atomic mass is 16.2. The number of amides is 1. The van der Waals surface area contributed by atoms with Gasteiger partial charge in [-0.15, -0.1) is 0 Å². The number of aliphatic imine (C=N–C) groups is 1. The predicted molar refractivity (Wildman–Crippen MR) is 127 cm³/mol. The number of hydrogen-bond acceptors (Lipinski definition) is 4. The van der Waals surface area contributed by atoms with Crippen LogP contribution >= 0.6 is 0 Å². The first kappa shape index (κ1) is 21.9. The van der Waals surface area contributed by atoms with Crippen molar-refractivity contribution in [3.63, 3.8) is 0 Å². The molecule has 31 heavy (non-hydrogen) atoms. The average molecular weight is 427 g/mol. The van der Waals surface area contributed by atoms with Crippen molar-refractivity contribution in [2.45, 2.75) is 38.1 Å². The summed E-state index contributed by atoms with van der Waals surface area (Å²) in [5, 5.41) is 7.10. The van der Waals surface area contributed by atoms with Crippen LogP contribution in [0.15, 0.2) is 35.3 Å². The number of carbonyl (C=O) groups excluding carboxylic acids is 1. The molecule has 0 spiro atoms. The maximum absolute atomic E-state index is 12.4. The molecule has 3 fully saturated rings. The van der Waals surface area contributed by atoms with Gasteiger partial charge in [0, 0.05) is 77.1 Å². The van der Waals surface area contributed by atoms with E-state index in [1.165, 1.54) is 24.9 Å². The summed E-state index contributed by atoms with van der Waals surface area (Å²) in [6.45, 7) is 7.66. The second-order valence-electron chi connectivity index (χ2n) is 9.06. The van der Waals surface area contributed by atoms with E-state index >= 15 is 0 Å². The van der Waals surface area contributed by atoms with Gasteiger partial charge in [-0.05, 0) is 37.8 Å². The maximum atomic E-state index is 12.4. The largest absolute Gasteiger partial charge is 0.369 e. The highest BCUT2D eigenvalue weighted by molar-refractivity contribution is 5.80. The van der Waals surface area contributed by atoms with Crippen molar-refractivity contribution >= 4 is 17.6 Å². The molecule has 7 nitrogen and oxygen atoms in total. The highest BCUT2D eigenvalue weighted by Gasteiger charge is 2.31. The number of piperidine rings is 1. The Morgan fingerprint density at radius 2 is 1.81 bits per heavy atom. The van der Waals surface area contributed by atoms with Gasteiger partial charge in [0.2, 0.25) is 5.91 Å². The van der Waals surface area contributed by atoms with Crippen LogP contribution in [0.3, 0.4) is 0 Å². The molecule has 1 saturated carbocycles. The second kappa shape index (κ2) is 10.8. The van der Waals surface area contributed by atoms with E-state index in [4.69, 9.17) is 0 Å². The molecule has 1 atom stereocenters. The lowest BCUT2D eigenvalue weighted by atomic mass is 9.84. The van der Waals surface area contributed by atoms with Crippen molar-refractivity contribution in [3.05, 3.63) is 30.3 Å². The van der Waals surface area contributed by atoms with E-state index in [9.17, 15) is 4.79 Å². The minimum absolute atomic E-state index is 0.320. The van der Waals surface area contributed by atoms with Crippen molar-refractivity contribution < 1.29 is 4.79 Å². The van der Waals surface area contributed by atoms with Gasteiger partial charge in [0.15, 0.2) is 5.96 Å². The minimum Gasteiger partial charge on any atom is -0.369 e. The first-order chi connectivity index (χ1) is 15.2. The Labute approximate surface area is 186 Å². The number of anilines is 1. The fourth-order valence-electron chi connectivity index (χ4n) is 4.79. The molecule has 2 heterocycles. The van der Waals surface area contributed by atoms with Crippen LogP contribution in [0.2, 0.25) is 0 Å². The molecule has 1 aromatic rings. The van der Waals surface area contributed by atoms with E-state index in [2.05, 4.69) is 60.7 Å². The zero-order valence-corrected chi connectivity index (χ0v) is 18.9. The second-order valence-corrected chi connectivity index (χ2v) is 9.06. The quantitative estimate of drug-likeness (QED) is 0.536. The molecule has 0 aromatic heterocycles. The van der Waals surface area contributed by atoms with Crippen LogP contribution < -0.4 is 15.5 Å². The van der Waals surface area contributed by atoms with Crippen molar-refractivity contribution in [2.24, 2.45) is 10.9 Å². The summed E-state index contributed by atoms with van der Waals surface area (Å²) < 4.78 is 0. The Balaban J connectivity index is 1.15. The molecule has 170 valence electrons. The monoisotopic (exact) mass is 426 g/mol. The summed E-state index contributed by atoms with van der Waals surface area (Å²) >= 11 is 0. The molecule has 2 N–H and O–H groups in total. The number of hydrogen-bond donors (Lipinski definition) is 2. The lowest BCUT2D eigenvalue weighted by Gasteiger charge is -2.38. The topological polar surface area (TPSA) is 63.2 Å². The summed E-state index contributed by atoms with van der Waals surface area (Å²) in [7, 11) is 1.85. The number of carbonyl (C=O) groups is 1. The summed E-state index contributed by atoms with van der Waals surface area (Å²) in [5.74, 6) is 1.60. The first-order valence-corrected chi connectivity index (χ1v) is 12.0. The van der Waals surface area contributed by atoms with E-state index < -0.39 is 0 Å². The van der Waals surface area contributed by atoms with Gasteiger partial charge in [0.1, 0.15) is 0 Å². The van der Waals surface area contributed by atoms with Gasteiger partial charge in [0.25, 0.3) is 0 Å². The van der Waals surface area contributed by atoms with Gasteiger partial charge in [0.05, 0.1) is 0 Å². The molecule has 2 aliphatic heterocycles. The molecule has 3 aliphatic rings. The van der Waals surface area contributed by atoms with Gasteiger partial charge >= 0.3 is 0 Å². The third kappa shape index (κ3) is 5.91. The Morgan fingerprint density at radius 3 is 2.48 bits per heavy atom. The van der Waals surface area contributed by atoms with Gasteiger partial charge in [-0.1, -0.05) is 24.6 Å². The summed E-state index contributed by atoms with van der Waals surface area (Å²) in [6.07, 6.45) is 5.77. The average Bonchev–Trinajstić information content (AvgIpc) is 2.78. The Bertz CT molecular complexity index is 727. The standard InChI is InChI=1S/C24H38N6O/c1-25-24(27-21-9-6-13-30(19-21)22-10-3-2-4-11-22)26-12-14-28-15-17-29(18-16-28)23(31)20-7-5-8-20/h2-4,10-11,20-21H,5-9,12-19H2,1H3,(H2,25,26,27). The zero-order chi connectivity index (χ0) is 21.5. The van der Waals surface area contributed by atoms with Crippen LogP contribution in [0, 0.1) is 5.92 Å². The molecule has 1 aliphatic carbocycles. The van der Waals surface area contributed by atoms with E-state index in [1.54, 1.807) is 0 Å². The molecule has 1 amide bonds. The molecular weight excluding hydrogens is 388 g/mol. The van der Waals surface area contributed by atoms with Crippen LogP contribution in [0.4, 0.5) is 5.69 Å². The normalized spacial score (nSPS) is 23.4. The lowest BCUT2D eigenvalue weighted by Crippen LogP contribution is -2.54. The van der Waals surface area contributed by atoms with Gasteiger partial charge in [-0.25, -0.2) is 0 Å².